The summed E-state index contributed by atoms with van der Waals surface area (Å²) in [4.78, 5) is 0. The first kappa shape index (κ1) is 14.4. The molecule has 0 aromatic heterocycles. The molecule has 0 spiro atoms. The zero-order chi connectivity index (χ0) is 13.4. The van der Waals surface area contributed by atoms with Gasteiger partial charge in [-0.15, -0.1) is 6.42 Å². The molecule has 0 bridgehead atoms. The van der Waals surface area contributed by atoms with Gasteiger partial charge in [-0.2, -0.15) is 0 Å². The Morgan fingerprint density at radius 1 is 1.39 bits per heavy atom. The second-order valence-electron chi connectivity index (χ2n) is 4.47. The van der Waals surface area contributed by atoms with Gasteiger partial charge in [0.15, 0.2) is 11.5 Å². The van der Waals surface area contributed by atoms with Crippen LogP contribution in [-0.4, -0.2) is 20.3 Å². The Morgan fingerprint density at radius 3 is 2.78 bits per heavy atom. The first-order valence-corrected chi connectivity index (χ1v) is 6.12. The van der Waals surface area contributed by atoms with Crippen molar-refractivity contribution in [2.24, 2.45) is 5.92 Å². The van der Waals surface area contributed by atoms with E-state index in [0.29, 0.717) is 11.7 Å². The van der Waals surface area contributed by atoms with E-state index in [9.17, 15) is 0 Å². The first-order valence-electron chi connectivity index (χ1n) is 6.12. The van der Waals surface area contributed by atoms with E-state index in [2.05, 4.69) is 25.1 Å². The van der Waals surface area contributed by atoms with E-state index in [0.717, 1.165) is 24.4 Å². The van der Waals surface area contributed by atoms with Crippen LogP contribution in [-0.2, 0) is 6.54 Å². The highest BCUT2D eigenvalue weighted by Gasteiger charge is 2.10. The fraction of sp³-hybridized carbons (Fsp3) is 0.467. The number of para-hydroxylation sites is 1. The third-order valence-corrected chi connectivity index (χ3v) is 2.45. The molecule has 1 N–H and O–H groups in total. The molecule has 0 amide bonds. The molecule has 0 saturated carbocycles. The van der Waals surface area contributed by atoms with Gasteiger partial charge in [-0.05, 0) is 18.5 Å². The summed E-state index contributed by atoms with van der Waals surface area (Å²) in [6.45, 7) is 6.31. The maximum Gasteiger partial charge on any atom is 0.167 e. The molecule has 0 aliphatic rings. The maximum atomic E-state index is 5.56. The highest BCUT2D eigenvalue weighted by molar-refractivity contribution is 5.46. The van der Waals surface area contributed by atoms with Gasteiger partial charge in [0.2, 0.25) is 0 Å². The van der Waals surface area contributed by atoms with Crippen molar-refractivity contribution < 1.29 is 9.47 Å². The highest BCUT2D eigenvalue weighted by atomic mass is 16.5. The van der Waals surface area contributed by atoms with E-state index in [1.54, 1.807) is 7.11 Å². The number of benzene rings is 1. The van der Waals surface area contributed by atoms with Gasteiger partial charge in [0, 0.05) is 12.1 Å². The van der Waals surface area contributed by atoms with Crippen LogP contribution in [0.2, 0.25) is 0 Å². The molecule has 1 rings (SSSR count). The number of rotatable bonds is 7. The zero-order valence-corrected chi connectivity index (χ0v) is 11.3. The van der Waals surface area contributed by atoms with Gasteiger partial charge in [-0.25, -0.2) is 0 Å². The van der Waals surface area contributed by atoms with Crippen molar-refractivity contribution in [2.45, 2.75) is 20.4 Å². The van der Waals surface area contributed by atoms with Gasteiger partial charge >= 0.3 is 0 Å². The number of nitrogens with one attached hydrogen (secondary N) is 1. The smallest absolute Gasteiger partial charge is 0.167 e. The number of hydrogen-bond donors (Lipinski definition) is 1. The Labute approximate surface area is 109 Å². The quantitative estimate of drug-likeness (QED) is 0.751. The Hall–Kier alpha value is -1.66. The molecule has 1 aromatic carbocycles. The summed E-state index contributed by atoms with van der Waals surface area (Å²) in [6, 6.07) is 5.84. The second kappa shape index (κ2) is 7.62. The molecule has 18 heavy (non-hydrogen) atoms. The number of ether oxygens (including phenoxy) is 2. The third-order valence-electron chi connectivity index (χ3n) is 2.45. The molecule has 98 valence electrons. The van der Waals surface area contributed by atoms with Crippen molar-refractivity contribution in [2.75, 3.05) is 20.3 Å². The Balaban J connectivity index is 2.78. The van der Waals surface area contributed by atoms with E-state index in [1.165, 1.54) is 0 Å². The van der Waals surface area contributed by atoms with E-state index >= 15 is 0 Å². The molecule has 0 aliphatic carbocycles. The lowest BCUT2D eigenvalue weighted by Crippen LogP contribution is -2.19. The molecule has 0 heterocycles. The first-order chi connectivity index (χ1) is 8.69. The lowest BCUT2D eigenvalue weighted by atomic mass is 10.1. The van der Waals surface area contributed by atoms with E-state index in [1.807, 2.05) is 18.2 Å². The Kier molecular flexibility index (Phi) is 6.10. The summed E-state index contributed by atoms with van der Waals surface area (Å²) in [5, 5.41) is 3.38. The third kappa shape index (κ3) is 4.31. The van der Waals surface area contributed by atoms with E-state index in [4.69, 9.17) is 15.9 Å². The fourth-order valence-electron chi connectivity index (χ4n) is 1.63. The summed E-state index contributed by atoms with van der Waals surface area (Å²) in [6.07, 6.45) is 5.23. The molecule has 3 nitrogen and oxygen atoms in total. The largest absolute Gasteiger partial charge is 0.493 e. The van der Waals surface area contributed by atoms with Crippen LogP contribution in [0.1, 0.15) is 19.4 Å². The van der Waals surface area contributed by atoms with Crippen LogP contribution in [0.4, 0.5) is 0 Å². The van der Waals surface area contributed by atoms with Gasteiger partial charge in [0.25, 0.3) is 0 Å². The summed E-state index contributed by atoms with van der Waals surface area (Å²) in [7, 11) is 1.63. The summed E-state index contributed by atoms with van der Waals surface area (Å²) < 4.78 is 10.9. The van der Waals surface area contributed by atoms with Crippen LogP contribution in [0.15, 0.2) is 18.2 Å². The van der Waals surface area contributed by atoms with Gasteiger partial charge in [0.05, 0.1) is 7.11 Å². The predicted molar refractivity (Wildman–Crippen MR) is 73.9 cm³/mol. The van der Waals surface area contributed by atoms with Crippen LogP contribution in [0.3, 0.4) is 0 Å². The normalized spacial score (nSPS) is 10.2. The van der Waals surface area contributed by atoms with Crippen molar-refractivity contribution in [3.63, 3.8) is 0 Å². The van der Waals surface area contributed by atoms with Gasteiger partial charge in [-0.1, -0.05) is 31.9 Å². The van der Waals surface area contributed by atoms with Crippen LogP contribution in [0, 0.1) is 18.3 Å². The molecule has 0 radical (unpaired) electrons. The SMILES string of the molecule is C#CCOc1c(CNCC(C)C)cccc1OC. The van der Waals surface area contributed by atoms with Crippen LogP contribution in [0.5, 0.6) is 11.5 Å². The Morgan fingerprint density at radius 2 is 2.17 bits per heavy atom. The summed E-state index contributed by atoms with van der Waals surface area (Å²) in [5.74, 6) is 4.53. The van der Waals surface area contributed by atoms with Crippen LogP contribution < -0.4 is 14.8 Å². The molecule has 3 heteroatoms. The minimum Gasteiger partial charge on any atom is -0.493 e. The molecule has 0 aliphatic heterocycles. The van der Waals surface area contributed by atoms with Crippen LogP contribution >= 0.6 is 0 Å². The fourth-order valence-corrected chi connectivity index (χ4v) is 1.63. The molecule has 1 aromatic rings. The molecule has 0 saturated heterocycles. The van der Waals surface area contributed by atoms with Crippen molar-refractivity contribution in [1.29, 1.82) is 0 Å². The highest BCUT2D eigenvalue weighted by Crippen LogP contribution is 2.30. The van der Waals surface area contributed by atoms with E-state index in [-0.39, 0.29) is 6.61 Å². The molecule has 0 fully saturated rings. The van der Waals surface area contributed by atoms with Gasteiger partial charge in [-0.3, -0.25) is 0 Å². The average molecular weight is 247 g/mol. The number of hydrogen-bond acceptors (Lipinski definition) is 3. The van der Waals surface area contributed by atoms with Crippen molar-refractivity contribution in [3.8, 4) is 23.8 Å². The van der Waals surface area contributed by atoms with Gasteiger partial charge < -0.3 is 14.8 Å². The molecule has 0 atom stereocenters. The average Bonchev–Trinajstić information content (AvgIpc) is 2.36. The molecule has 0 unspecified atom stereocenters. The topological polar surface area (TPSA) is 30.5 Å². The number of methoxy groups -OCH3 is 1. The minimum atomic E-state index is 0.248. The standard InChI is InChI=1S/C15H21NO2/c1-5-9-18-15-13(11-16-10-12(2)3)7-6-8-14(15)17-4/h1,6-8,12,16H,9-11H2,2-4H3. The lowest BCUT2D eigenvalue weighted by Gasteiger charge is -2.14. The summed E-state index contributed by atoms with van der Waals surface area (Å²) >= 11 is 0. The summed E-state index contributed by atoms with van der Waals surface area (Å²) in [5.41, 5.74) is 1.06. The lowest BCUT2D eigenvalue weighted by molar-refractivity contribution is 0.326. The molecular weight excluding hydrogens is 226 g/mol. The van der Waals surface area contributed by atoms with Gasteiger partial charge in [0.1, 0.15) is 6.61 Å². The zero-order valence-electron chi connectivity index (χ0n) is 11.3. The monoisotopic (exact) mass is 247 g/mol. The van der Waals surface area contributed by atoms with Crippen molar-refractivity contribution in [1.82, 2.24) is 5.32 Å². The molecular formula is C15H21NO2. The minimum absolute atomic E-state index is 0.248. The van der Waals surface area contributed by atoms with Crippen LogP contribution in [0.25, 0.3) is 0 Å². The number of terminal acetylenes is 1. The van der Waals surface area contributed by atoms with Crippen molar-refractivity contribution >= 4 is 0 Å². The second-order valence-corrected chi connectivity index (χ2v) is 4.47. The van der Waals surface area contributed by atoms with Crippen molar-refractivity contribution in [3.05, 3.63) is 23.8 Å². The van der Waals surface area contributed by atoms with E-state index < -0.39 is 0 Å². The maximum absolute atomic E-state index is 5.56. The Bertz CT molecular complexity index is 407. The predicted octanol–water partition coefficient (Wildman–Crippen LogP) is 2.45.